The van der Waals surface area contributed by atoms with Crippen LogP contribution in [0.25, 0.3) is 0 Å². The Morgan fingerprint density at radius 2 is 1.52 bits per heavy atom. The van der Waals surface area contributed by atoms with Crippen LogP contribution in [0, 0.1) is 5.41 Å². The topological polar surface area (TPSA) is 49.6 Å². The van der Waals surface area contributed by atoms with Gasteiger partial charge in [0.2, 0.25) is 5.91 Å². The lowest BCUT2D eigenvalue weighted by Gasteiger charge is -2.39. The molecule has 4 nitrogen and oxygen atoms in total. The summed E-state index contributed by atoms with van der Waals surface area (Å²) in [5, 5.41) is 0. The molecule has 0 atom stereocenters. The molecule has 0 radical (unpaired) electrons. The van der Waals surface area contributed by atoms with Gasteiger partial charge in [-0.05, 0) is 45.4 Å². The first-order valence-corrected chi connectivity index (χ1v) is 7.27. The number of anilines is 1. The summed E-state index contributed by atoms with van der Waals surface area (Å²) in [6, 6.07) is 8.23. The van der Waals surface area contributed by atoms with E-state index in [1.54, 1.807) is 4.90 Å². The van der Waals surface area contributed by atoms with E-state index in [9.17, 15) is 4.79 Å². The summed E-state index contributed by atoms with van der Waals surface area (Å²) >= 11 is 0. The number of amides is 1. The highest BCUT2D eigenvalue weighted by Gasteiger charge is 2.41. The molecule has 0 aliphatic heterocycles. The van der Waals surface area contributed by atoms with E-state index in [0.29, 0.717) is 6.54 Å². The molecule has 1 amide bonds. The lowest BCUT2D eigenvalue weighted by molar-refractivity contribution is -0.142. The maximum absolute atomic E-state index is 12.6. The Bertz CT molecular complexity index is 484. The number of nitrogens with zero attached hydrogens (tertiary/aromatic N) is 2. The van der Waals surface area contributed by atoms with E-state index in [4.69, 9.17) is 5.73 Å². The van der Waals surface area contributed by atoms with Crippen LogP contribution in [0.3, 0.4) is 0 Å². The zero-order chi connectivity index (χ0) is 16.4. The summed E-state index contributed by atoms with van der Waals surface area (Å²) in [5.74, 6) is 0.0617. The van der Waals surface area contributed by atoms with Gasteiger partial charge < -0.3 is 15.5 Å². The molecule has 0 unspecified atom stereocenters. The third-order valence-electron chi connectivity index (χ3n) is 4.36. The van der Waals surface area contributed by atoms with Gasteiger partial charge in [-0.1, -0.05) is 12.1 Å². The molecular formula is C17H29N3O. The number of hydrogen-bond donors (Lipinski definition) is 1. The molecule has 0 saturated carbocycles. The number of hydrogen-bond acceptors (Lipinski definition) is 3. The quantitative estimate of drug-likeness (QED) is 0.906. The molecule has 4 heteroatoms. The van der Waals surface area contributed by atoms with Crippen molar-refractivity contribution in [2.75, 3.05) is 26.0 Å². The number of rotatable bonds is 5. The van der Waals surface area contributed by atoms with Gasteiger partial charge in [-0.3, -0.25) is 4.79 Å². The van der Waals surface area contributed by atoms with E-state index >= 15 is 0 Å². The van der Waals surface area contributed by atoms with Gasteiger partial charge in [-0.15, -0.1) is 0 Å². The van der Waals surface area contributed by atoms with Crippen molar-refractivity contribution < 1.29 is 4.79 Å². The van der Waals surface area contributed by atoms with Crippen LogP contribution in [-0.2, 0) is 11.3 Å². The van der Waals surface area contributed by atoms with Crippen LogP contribution in [0.2, 0.25) is 0 Å². The first-order chi connectivity index (χ1) is 9.46. The SMILES string of the molecule is CN(Cc1ccc(N(C)C)cc1)C(=O)C(C)(C)C(C)(C)N. The van der Waals surface area contributed by atoms with Crippen LogP contribution < -0.4 is 10.6 Å². The van der Waals surface area contributed by atoms with E-state index in [2.05, 4.69) is 29.2 Å². The predicted octanol–water partition coefficient (Wildman–Crippen LogP) is 2.47. The van der Waals surface area contributed by atoms with Crippen molar-refractivity contribution in [2.24, 2.45) is 11.1 Å². The number of carbonyl (C=O) groups is 1. The van der Waals surface area contributed by atoms with Gasteiger partial charge in [0.15, 0.2) is 0 Å². The second-order valence-electron chi connectivity index (χ2n) is 7.07. The molecule has 0 fully saturated rings. The molecule has 0 aliphatic carbocycles. The van der Waals surface area contributed by atoms with Gasteiger partial charge in [0, 0.05) is 38.9 Å². The van der Waals surface area contributed by atoms with Gasteiger partial charge in [-0.2, -0.15) is 0 Å². The summed E-state index contributed by atoms with van der Waals surface area (Å²) in [6.45, 7) is 8.18. The second-order valence-corrected chi connectivity index (χ2v) is 7.07. The molecule has 2 N–H and O–H groups in total. The Labute approximate surface area is 128 Å². The minimum atomic E-state index is -0.606. The Balaban J connectivity index is 2.81. The molecule has 1 aromatic carbocycles. The normalized spacial score (nSPS) is 12.2. The zero-order valence-electron chi connectivity index (χ0n) is 14.4. The monoisotopic (exact) mass is 291 g/mol. The van der Waals surface area contributed by atoms with Crippen LogP contribution in [0.15, 0.2) is 24.3 Å². The first kappa shape index (κ1) is 17.5. The maximum atomic E-state index is 12.6. The van der Waals surface area contributed by atoms with Crippen molar-refractivity contribution in [3.05, 3.63) is 29.8 Å². The van der Waals surface area contributed by atoms with Crippen molar-refractivity contribution in [3.8, 4) is 0 Å². The number of carbonyl (C=O) groups excluding carboxylic acids is 1. The molecule has 118 valence electrons. The molecule has 0 aliphatic rings. The van der Waals surface area contributed by atoms with Crippen LogP contribution in [-0.4, -0.2) is 37.5 Å². The number of benzene rings is 1. The highest BCUT2D eigenvalue weighted by molar-refractivity contribution is 5.83. The first-order valence-electron chi connectivity index (χ1n) is 7.27. The lowest BCUT2D eigenvalue weighted by atomic mass is 9.74. The van der Waals surface area contributed by atoms with Gasteiger partial charge in [0.05, 0.1) is 5.41 Å². The molecule has 0 spiro atoms. The minimum absolute atomic E-state index is 0.0617. The van der Waals surface area contributed by atoms with Gasteiger partial charge >= 0.3 is 0 Å². The summed E-state index contributed by atoms with van der Waals surface area (Å²) in [7, 11) is 5.85. The molecule has 0 aromatic heterocycles. The molecule has 0 heterocycles. The van der Waals surface area contributed by atoms with Crippen LogP contribution in [0.4, 0.5) is 5.69 Å². The summed E-state index contributed by atoms with van der Waals surface area (Å²) in [4.78, 5) is 16.4. The molecule has 1 rings (SSSR count). The van der Waals surface area contributed by atoms with Crippen molar-refractivity contribution in [2.45, 2.75) is 39.8 Å². The van der Waals surface area contributed by atoms with Gasteiger partial charge in [-0.25, -0.2) is 0 Å². The Kier molecular flexibility index (Phi) is 5.05. The summed E-state index contributed by atoms with van der Waals surface area (Å²) in [5.41, 5.74) is 7.24. The average molecular weight is 291 g/mol. The van der Waals surface area contributed by atoms with E-state index < -0.39 is 11.0 Å². The van der Waals surface area contributed by atoms with E-state index in [1.165, 1.54) is 0 Å². The molecule has 0 bridgehead atoms. The minimum Gasteiger partial charge on any atom is -0.378 e. The summed E-state index contributed by atoms with van der Waals surface area (Å²) < 4.78 is 0. The Hall–Kier alpha value is -1.55. The third kappa shape index (κ3) is 3.97. The number of nitrogens with two attached hydrogens (primary N) is 1. The standard InChI is InChI=1S/C17H29N3O/c1-16(2,17(3,4)18)15(21)20(7)12-13-8-10-14(11-9-13)19(5)6/h8-11H,12,18H2,1-7H3. The van der Waals surface area contributed by atoms with Gasteiger partial charge in [0.1, 0.15) is 0 Å². The van der Waals surface area contributed by atoms with Crippen LogP contribution >= 0.6 is 0 Å². The second kappa shape index (κ2) is 6.06. The molecule has 1 aromatic rings. The van der Waals surface area contributed by atoms with Crippen molar-refractivity contribution in [3.63, 3.8) is 0 Å². The fourth-order valence-electron chi connectivity index (χ4n) is 2.00. The summed E-state index contributed by atoms with van der Waals surface area (Å²) in [6.07, 6.45) is 0. The average Bonchev–Trinajstić information content (AvgIpc) is 2.36. The van der Waals surface area contributed by atoms with Crippen LogP contribution in [0.5, 0.6) is 0 Å². The predicted molar refractivity (Wildman–Crippen MR) is 89.3 cm³/mol. The molecule has 0 saturated heterocycles. The van der Waals surface area contributed by atoms with E-state index in [1.807, 2.05) is 48.8 Å². The molecule has 21 heavy (non-hydrogen) atoms. The smallest absolute Gasteiger partial charge is 0.230 e. The lowest BCUT2D eigenvalue weighted by Crippen LogP contribution is -2.55. The fourth-order valence-corrected chi connectivity index (χ4v) is 2.00. The fraction of sp³-hybridized carbons (Fsp3) is 0.588. The van der Waals surface area contributed by atoms with Crippen molar-refractivity contribution in [1.29, 1.82) is 0 Å². The van der Waals surface area contributed by atoms with E-state index in [-0.39, 0.29) is 5.91 Å². The highest BCUT2D eigenvalue weighted by atomic mass is 16.2. The Morgan fingerprint density at radius 3 is 1.90 bits per heavy atom. The van der Waals surface area contributed by atoms with Gasteiger partial charge in [0.25, 0.3) is 0 Å². The van der Waals surface area contributed by atoms with Crippen molar-refractivity contribution >= 4 is 11.6 Å². The largest absolute Gasteiger partial charge is 0.378 e. The highest BCUT2D eigenvalue weighted by Crippen LogP contribution is 2.30. The maximum Gasteiger partial charge on any atom is 0.230 e. The molecular weight excluding hydrogens is 262 g/mol. The van der Waals surface area contributed by atoms with Crippen molar-refractivity contribution in [1.82, 2.24) is 4.90 Å². The Morgan fingerprint density at radius 1 is 1.05 bits per heavy atom. The van der Waals surface area contributed by atoms with Crippen LogP contribution in [0.1, 0.15) is 33.3 Å². The van der Waals surface area contributed by atoms with E-state index in [0.717, 1.165) is 11.3 Å². The third-order valence-corrected chi connectivity index (χ3v) is 4.36. The zero-order valence-corrected chi connectivity index (χ0v) is 14.4.